The van der Waals surface area contributed by atoms with Gasteiger partial charge in [-0.1, -0.05) is 0 Å². The number of hydrogen-bond acceptors (Lipinski definition) is 3. The molecule has 0 bridgehead atoms. The fourth-order valence-corrected chi connectivity index (χ4v) is 2.32. The van der Waals surface area contributed by atoms with Crippen LogP contribution in [0, 0.1) is 5.82 Å². The summed E-state index contributed by atoms with van der Waals surface area (Å²) in [4.78, 5) is 36.9. The third-order valence-electron chi connectivity index (χ3n) is 3.39. The topological polar surface area (TPSA) is 90.0 Å². The Kier molecular flexibility index (Phi) is 4.30. The van der Waals surface area contributed by atoms with Crippen molar-refractivity contribution in [1.29, 1.82) is 0 Å². The molecule has 1 heterocycles. The predicted molar refractivity (Wildman–Crippen MR) is 76.3 cm³/mol. The molecule has 0 spiro atoms. The van der Waals surface area contributed by atoms with Gasteiger partial charge in [-0.15, -0.1) is 0 Å². The van der Waals surface area contributed by atoms with Crippen LogP contribution in [0.2, 0.25) is 0 Å². The molecule has 1 aliphatic rings. The van der Waals surface area contributed by atoms with Gasteiger partial charge < -0.3 is 20.2 Å². The monoisotopic (exact) mass is 309 g/mol. The van der Waals surface area contributed by atoms with Gasteiger partial charge in [0.15, 0.2) is 0 Å². The first-order chi connectivity index (χ1) is 10.3. The minimum absolute atomic E-state index is 0.0370. The lowest BCUT2D eigenvalue weighted by molar-refractivity contribution is -0.118. The Bertz CT molecular complexity index is 633. The van der Waals surface area contributed by atoms with Crippen LogP contribution in [0.4, 0.5) is 14.9 Å². The highest BCUT2D eigenvalue weighted by Gasteiger charge is 2.34. The van der Waals surface area contributed by atoms with E-state index in [4.69, 9.17) is 5.11 Å². The second-order valence-electron chi connectivity index (χ2n) is 5.15. The van der Waals surface area contributed by atoms with Crippen LogP contribution in [-0.2, 0) is 4.79 Å². The van der Waals surface area contributed by atoms with Gasteiger partial charge in [-0.25, -0.2) is 9.18 Å². The van der Waals surface area contributed by atoms with E-state index in [1.54, 1.807) is 14.1 Å². The Hall–Kier alpha value is -2.64. The molecule has 1 aromatic carbocycles. The van der Waals surface area contributed by atoms with Gasteiger partial charge in [0.05, 0.1) is 5.69 Å². The number of anilines is 1. The number of halogens is 1. The van der Waals surface area contributed by atoms with Gasteiger partial charge in [-0.3, -0.25) is 9.59 Å². The Labute approximate surface area is 126 Å². The number of carboxylic acid groups (broad SMARTS) is 1. The van der Waals surface area contributed by atoms with Gasteiger partial charge in [-0.2, -0.15) is 0 Å². The van der Waals surface area contributed by atoms with Gasteiger partial charge in [0.25, 0.3) is 5.91 Å². The van der Waals surface area contributed by atoms with Crippen LogP contribution in [-0.4, -0.2) is 54.6 Å². The molecular formula is C14H16FN3O4. The predicted octanol–water partition coefficient (Wildman–Crippen LogP) is 0.900. The number of carbonyl (C=O) groups excluding carboxylic acids is 2. The third kappa shape index (κ3) is 3.00. The lowest BCUT2D eigenvalue weighted by atomic mass is 10.1. The van der Waals surface area contributed by atoms with Crippen LogP contribution in [0.15, 0.2) is 18.2 Å². The molecule has 0 unspecified atom stereocenters. The summed E-state index contributed by atoms with van der Waals surface area (Å²) >= 11 is 0. The maximum atomic E-state index is 14.2. The van der Waals surface area contributed by atoms with Crippen molar-refractivity contribution >= 4 is 23.6 Å². The Morgan fingerprint density at radius 3 is 2.64 bits per heavy atom. The summed E-state index contributed by atoms with van der Waals surface area (Å²) in [5.41, 5.74) is 0.216. The van der Waals surface area contributed by atoms with E-state index in [9.17, 15) is 18.8 Å². The highest BCUT2D eigenvalue weighted by Crippen LogP contribution is 2.26. The molecule has 1 fully saturated rings. The fraction of sp³-hybridized carbons (Fsp3) is 0.357. The number of rotatable bonds is 3. The van der Waals surface area contributed by atoms with Crippen LogP contribution in [0.5, 0.6) is 0 Å². The summed E-state index contributed by atoms with van der Waals surface area (Å²) in [6.07, 6.45) is -1.03. The molecule has 0 aliphatic carbocycles. The Balaban J connectivity index is 2.22. The fourth-order valence-electron chi connectivity index (χ4n) is 2.32. The smallest absolute Gasteiger partial charge is 0.405 e. The second-order valence-corrected chi connectivity index (χ2v) is 5.15. The summed E-state index contributed by atoms with van der Waals surface area (Å²) in [6.45, 7) is 0.210. The molecule has 0 aromatic heterocycles. The molecule has 118 valence electrons. The number of carbonyl (C=O) groups is 3. The highest BCUT2D eigenvalue weighted by atomic mass is 19.1. The zero-order valence-electron chi connectivity index (χ0n) is 12.2. The first-order valence-electron chi connectivity index (χ1n) is 6.63. The molecule has 2 rings (SSSR count). The van der Waals surface area contributed by atoms with E-state index in [0.717, 1.165) is 6.07 Å². The standard InChI is InChI=1S/C14H16FN3O4/c1-17(2)12(19)8-3-4-11(9(15)7-8)18-6-5-10(13(18)20)16-14(21)22/h3-4,7,10,16H,5-6H2,1-2H3,(H,21,22)/t10-/m0/s1. The largest absolute Gasteiger partial charge is 0.465 e. The molecule has 22 heavy (non-hydrogen) atoms. The van der Waals surface area contributed by atoms with Crippen molar-refractivity contribution in [2.45, 2.75) is 12.5 Å². The summed E-state index contributed by atoms with van der Waals surface area (Å²) in [5, 5.41) is 10.8. The van der Waals surface area contributed by atoms with Crippen molar-refractivity contribution in [2.75, 3.05) is 25.5 Å². The number of amides is 3. The van der Waals surface area contributed by atoms with E-state index in [1.165, 1.54) is 21.9 Å². The average molecular weight is 309 g/mol. The minimum atomic E-state index is -1.30. The van der Waals surface area contributed by atoms with E-state index in [-0.39, 0.29) is 30.1 Å². The summed E-state index contributed by atoms with van der Waals surface area (Å²) in [6, 6.07) is 2.99. The molecular weight excluding hydrogens is 293 g/mol. The first-order valence-corrected chi connectivity index (χ1v) is 6.63. The van der Waals surface area contributed by atoms with Gasteiger partial charge in [-0.05, 0) is 24.6 Å². The van der Waals surface area contributed by atoms with Crippen LogP contribution in [0.3, 0.4) is 0 Å². The van der Waals surface area contributed by atoms with Gasteiger partial charge in [0, 0.05) is 26.2 Å². The maximum absolute atomic E-state index is 14.2. The minimum Gasteiger partial charge on any atom is -0.465 e. The third-order valence-corrected chi connectivity index (χ3v) is 3.39. The average Bonchev–Trinajstić information content (AvgIpc) is 2.78. The van der Waals surface area contributed by atoms with Crippen molar-refractivity contribution < 1.29 is 23.9 Å². The molecule has 1 saturated heterocycles. The molecule has 0 radical (unpaired) electrons. The Morgan fingerprint density at radius 1 is 1.41 bits per heavy atom. The lowest BCUT2D eigenvalue weighted by Crippen LogP contribution is -2.41. The van der Waals surface area contributed by atoms with E-state index in [2.05, 4.69) is 5.32 Å². The van der Waals surface area contributed by atoms with Crippen molar-refractivity contribution in [2.24, 2.45) is 0 Å². The SMILES string of the molecule is CN(C)C(=O)c1ccc(N2CC[C@H](NC(=O)O)C2=O)c(F)c1. The number of nitrogens with zero attached hydrogens (tertiary/aromatic N) is 2. The molecule has 2 N–H and O–H groups in total. The van der Waals surface area contributed by atoms with Crippen molar-refractivity contribution in [3.63, 3.8) is 0 Å². The normalized spacial score (nSPS) is 17.5. The molecule has 1 aliphatic heterocycles. The number of nitrogens with one attached hydrogen (secondary N) is 1. The van der Waals surface area contributed by atoms with E-state index in [1.807, 2.05) is 0 Å². The molecule has 1 atom stereocenters. The molecule has 8 heteroatoms. The molecule has 1 aromatic rings. The summed E-state index contributed by atoms with van der Waals surface area (Å²) in [7, 11) is 3.11. The van der Waals surface area contributed by atoms with E-state index in [0.29, 0.717) is 0 Å². The lowest BCUT2D eigenvalue weighted by Gasteiger charge is -2.18. The number of benzene rings is 1. The van der Waals surface area contributed by atoms with Crippen LogP contribution < -0.4 is 10.2 Å². The second kappa shape index (κ2) is 6.00. The van der Waals surface area contributed by atoms with Crippen LogP contribution in [0.1, 0.15) is 16.8 Å². The zero-order chi connectivity index (χ0) is 16.4. The molecule has 3 amide bonds. The summed E-state index contributed by atoms with van der Waals surface area (Å²) < 4.78 is 14.2. The van der Waals surface area contributed by atoms with Gasteiger partial charge in [0.2, 0.25) is 5.91 Å². The van der Waals surface area contributed by atoms with E-state index < -0.39 is 23.9 Å². The molecule has 0 saturated carbocycles. The summed E-state index contributed by atoms with van der Waals surface area (Å²) in [5.74, 6) is -1.55. The van der Waals surface area contributed by atoms with Crippen molar-refractivity contribution in [1.82, 2.24) is 10.2 Å². The van der Waals surface area contributed by atoms with Crippen molar-refractivity contribution in [3.8, 4) is 0 Å². The molecule has 7 nitrogen and oxygen atoms in total. The number of hydrogen-bond donors (Lipinski definition) is 2. The Morgan fingerprint density at radius 2 is 2.09 bits per heavy atom. The van der Waals surface area contributed by atoms with Crippen LogP contribution in [0.25, 0.3) is 0 Å². The zero-order valence-corrected chi connectivity index (χ0v) is 12.2. The highest BCUT2D eigenvalue weighted by molar-refractivity contribution is 6.01. The first kappa shape index (κ1) is 15.7. The van der Waals surface area contributed by atoms with Gasteiger partial charge in [0.1, 0.15) is 11.9 Å². The van der Waals surface area contributed by atoms with Crippen molar-refractivity contribution in [3.05, 3.63) is 29.6 Å². The van der Waals surface area contributed by atoms with Gasteiger partial charge >= 0.3 is 6.09 Å². The quantitative estimate of drug-likeness (QED) is 0.868. The maximum Gasteiger partial charge on any atom is 0.405 e. The van der Waals surface area contributed by atoms with E-state index >= 15 is 0 Å². The van der Waals surface area contributed by atoms with Crippen LogP contribution >= 0.6 is 0 Å².